The van der Waals surface area contributed by atoms with Gasteiger partial charge in [0.1, 0.15) is 6.04 Å². The summed E-state index contributed by atoms with van der Waals surface area (Å²) in [5.74, 6) is -0.523. The highest BCUT2D eigenvalue weighted by Gasteiger charge is 2.33. The maximum Gasteiger partial charge on any atom is 0.321 e. The number of carbonyl (C=O) groups is 1. The first-order valence-corrected chi connectivity index (χ1v) is 5.98. The zero-order valence-corrected chi connectivity index (χ0v) is 9.52. The maximum absolute atomic E-state index is 10.8. The van der Waals surface area contributed by atoms with Crippen LogP contribution in [0.25, 0.3) is 0 Å². The summed E-state index contributed by atoms with van der Waals surface area (Å²) in [5.41, 5.74) is 0.537. The Bertz CT molecular complexity index is 465. The van der Waals surface area contributed by atoms with E-state index in [-0.39, 0.29) is 11.1 Å². The van der Waals surface area contributed by atoms with Crippen LogP contribution >= 0.6 is 11.8 Å². The predicted octanol–water partition coefficient (Wildman–Crippen LogP) is 1.38. The van der Waals surface area contributed by atoms with Gasteiger partial charge in [-0.2, -0.15) is 0 Å². The molecule has 1 aliphatic rings. The number of nitro benzene ring substituents is 1. The maximum atomic E-state index is 10.8. The van der Waals surface area contributed by atoms with E-state index in [1.54, 1.807) is 18.2 Å². The second-order valence-corrected chi connectivity index (χ2v) is 4.72. The minimum Gasteiger partial charge on any atom is -0.480 e. The number of nitrogens with one attached hydrogen (secondary N) is 1. The van der Waals surface area contributed by atoms with E-state index >= 15 is 0 Å². The van der Waals surface area contributed by atoms with Gasteiger partial charge in [0.25, 0.3) is 5.69 Å². The van der Waals surface area contributed by atoms with Crippen molar-refractivity contribution >= 4 is 23.4 Å². The number of carboxylic acid groups (broad SMARTS) is 1. The molecular weight excluding hydrogens is 244 g/mol. The molecule has 0 spiro atoms. The summed E-state index contributed by atoms with van der Waals surface area (Å²) in [6.07, 6.45) is 0. The Morgan fingerprint density at radius 1 is 1.53 bits per heavy atom. The molecule has 0 radical (unpaired) electrons. The smallest absolute Gasteiger partial charge is 0.321 e. The summed E-state index contributed by atoms with van der Waals surface area (Å²) in [4.78, 5) is 21.2. The lowest BCUT2D eigenvalue weighted by Gasteiger charge is -2.11. The van der Waals surface area contributed by atoms with Gasteiger partial charge in [-0.3, -0.25) is 20.2 Å². The molecule has 0 aliphatic carbocycles. The molecule has 1 aromatic carbocycles. The summed E-state index contributed by atoms with van der Waals surface area (Å²) in [6, 6.07) is 5.72. The van der Waals surface area contributed by atoms with E-state index in [1.165, 1.54) is 17.8 Å². The van der Waals surface area contributed by atoms with E-state index in [9.17, 15) is 14.9 Å². The summed E-state index contributed by atoms with van der Waals surface area (Å²) in [7, 11) is 0. The fourth-order valence-electron chi connectivity index (χ4n) is 1.67. The molecule has 0 bridgehead atoms. The van der Waals surface area contributed by atoms with Crippen molar-refractivity contribution in [1.82, 2.24) is 5.32 Å². The largest absolute Gasteiger partial charge is 0.480 e. The zero-order valence-electron chi connectivity index (χ0n) is 8.70. The van der Waals surface area contributed by atoms with Crippen LogP contribution in [0.2, 0.25) is 0 Å². The van der Waals surface area contributed by atoms with Gasteiger partial charge in [0.2, 0.25) is 0 Å². The molecule has 1 saturated heterocycles. The second kappa shape index (κ2) is 4.72. The van der Waals surface area contributed by atoms with Crippen molar-refractivity contribution in [3.05, 3.63) is 39.9 Å². The van der Waals surface area contributed by atoms with Gasteiger partial charge in [0.15, 0.2) is 0 Å². The van der Waals surface area contributed by atoms with Crippen molar-refractivity contribution in [1.29, 1.82) is 0 Å². The lowest BCUT2D eigenvalue weighted by molar-refractivity contribution is -0.385. The molecule has 2 atom stereocenters. The number of thioether (sulfide) groups is 1. The van der Waals surface area contributed by atoms with Crippen molar-refractivity contribution in [2.75, 3.05) is 5.75 Å². The number of hydrogen-bond donors (Lipinski definition) is 2. The van der Waals surface area contributed by atoms with Crippen LogP contribution in [0.3, 0.4) is 0 Å². The fraction of sp³-hybridized carbons (Fsp3) is 0.300. The van der Waals surface area contributed by atoms with E-state index in [1.807, 2.05) is 0 Å². The van der Waals surface area contributed by atoms with Gasteiger partial charge in [-0.1, -0.05) is 12.1 Å². The van der Waals surface area contributed by atoms with E-state index in [0.29, 0.717) is 11.3 Å². The van der Waals surface area contributed by atoms with E-state index < -0.39 is 16.9 Å². The van der Waals surface area contributed by atoms with Crippen LogP contribution in [0.1, 0.15) is 10.9 Å². The molecule has 0 aromatic heterocycles. The molecule has 1 heterocycles. The molecule has 0 amide bonds. The van der Waals surface area contributed by atoms with Gasteiger partial charge in [-0.05, 0) is 6.07 Å². The number of nitrogens with zero attached hydrogens (tertiary/aromatic N) is 1. The molecule has 1 aliphatic heterocycles. The minimum absolute atomic E-state index is 0.0172. The van der Waals surface area contributed by atoms with Crippen LogP contribution < -0.4 is 5.32 Å². The van der Waals surface area contributed by atoms with Crippen molar-refractivity contribution in [2.45, 2.75) is 11.4 Å². The Kier molecular flexibility index (Phi) is 3.30. The van der Waals surface area contributed by atoms with Crippen LogP contribution in [0.4, 0.5) is 5.69 Å². The molecular formula is C10H10N2O4S. The van der Waals surface area contributed by atoms with Gasteiger partial charge in [-0.15, -0.1) is 11.8 Å². The van der Waals surface area contributed by atoms with Crippen molar-refractivity contribution < 1.29 is 14.8 Å². The monoisotopic (exact) mass is 254 g/mol. The Morgan fingerprint density at radius 3 is 2.82 bits per heavy atom. The van der Waals surface area contributed by atoms with E-state index in [0.717, 1.165) is 0 Å². The van der Waals surface area contributed by atoms with Crippen LogP contribution in [-0.2, 0) is 4.79 Å². The molecule has 90 valence electrons. The van der Waals surface area contributed by atoms with Crippen LogP contribution in [0.15, 0.2) is 24.3 Å². The highest BCUT2D eigenvalue weighted by Crippen LogP contribution is 2.37. The Labute approximate surface area is 101 Å². The van der Waals surface area contributed by atoms with E-state index in [2.05, 4.69) is 5.32 Å². The van der Waals surface area contributed by atoms with Crippen molar-refractivity contribution in [3.63, 3.8) is 0 Å². The van der Waals surface area contributed by atoms with Crippen LogP contribution in [0.5, 0.6) is 0 Å². The number of carboxylic acids is 1. The average molecular weight is 254 g/mol. The molecule has 1 aromatic rings. The number of hydrogen-bond acceptors (Lipinski definition) is 5. The molecule has 2 rings (SSSR count). The molecule has 7 heteroatoms. The van der Waals surface area contributed by atoms with Gasteiger partial charge in [0, 0.05) is 11.8 Å². The lowest BCUT2D eigenvalue weighted by Crippen LogP contribution is -2.33. The standard InChI is InChI=1S/C10H10N2O4S/c13-10(14)7-5-17-9(11-7)6-3-1-2-4-8(6)12(15)16/h1-4,7,9,11H,5H2,(H,13,14)/t7-,9+/m1/s1. The average Bonchev–Trinajstić information content (AvgIpc) is 2.78. The Hall–Kier alpha value is -1.60. The summed E-state index contributed by atoms with van der Waals surface area (Å²) in [6.45, 7) is 0. The molecule has 2 N–H and O–H groups in total. The highest BCUT2D eigenvalue weighted by atomic mass is 32.2. The number of rotatable bonds is 3. The van der Waals surface area contributed by atoms with Crippen LogP contribution in [0, 0.1) is 10.1 Å². The summed E-state index contributed by atoms with van der Waals surface area (Å²) >= 11 is 1.37. The molecule has 0 saturated carbocycles. The Morgan fingerprint density at radius 2 is 2.24 bits per heavy atom. The highest BCUT2D eigenvalue weighted by molar-refractivity contribution is 7.99. The first-order valence-electron chi connectivity index (χ1n) is 4.93. The van der Waals surface area contributed by atoms with Gasteiger partial charge >= 0.3 is 5.97 Å². The number of benzene rings is 1. The third-order valence-electron chi connectivity index (χ3n) is 2.50. The SMILES string of the molecule is O=C(O)[C@H]1CS[C@@H](c2ccccc2[N+](=O)[O-])N1. The normalized spacial score (nSPS) is 23.5. The second-order valence-electron chi connectivity index (χ2n) is 3.59. The molecule has 0 unspecified atom stereocenters. The van der Waals surface area contributed by atoms with Gasteiger partial charge in [0.05, 0.1) is 15.9 Å². The summed E-state index contributed by atoms with van der Waals surface area (Å²) in [5, 5.41) is 22.2. The van der Waals surface area contributed by atoms with Crippen molar-refractivity contribution in [3.8, 4) is 0 Å². The molecule has 1 fully saturated rings. The quantitative estimate of drug-likeness (QED) is 0.625. The molecule has 17 heavy (non-hydrogen) atoms. The Balaban J connectivity index is 2.24. The minimum atomic E-state index is -0.932. The molecule has 6 nitrogen and oxygen atoms in total. The van der Waals surface area contributed by atoms with Gasteiger partial charge in [-0.25, -0.2) is 0 Å². The van der Waals surface area contributed by atoms with E-state index in [4.69, 9.17) is 5.11 Å². The predicted molar refractivity (Wildman–Crippen MR) is 62.9 cm³/mol. The number of para-hydroxylation sites is 1. The number of aliphatic carboxylic acids is 1. The van der Waals surface area contributed by atoms with Gasteiger partial charge < -0.3 is 5.11 Å². The zero-order chi connectivity index (χ0) is 12.4. The number of nitro groups is 1. The fourth-order valence-corrected chi connectivity index (χ4v) is 2.93. The lowest BCUT2D eigenvalue weighted by atomic mass is 10.1. The third kappa shape index (κ3) is 2.40. The first-order chi connectivity index (χ1) is 8.09. The van der Waals surface area contributed by atoms with Crippen LogP contribution in [-0.4, -0.2) is 27.8 Å². The summed E-state index contributed by atoms with van der Waals surface area (Å²) < 4.78 is 0. The third-order valence-corrected chi connectivity index (χ3v) is 3.75. The topological polar surface area (TPSA) is 92.5 Å². The van der Waals surface area contributed by atoms with Crippen molar-refractivity contribution in [2.24, 2.45) is 0 Å². The first kappa shape index (κ1) is 11.9.